The van der Waals surface area contributed by atoms with Crippen molar-refractivity contribution in [2.24, 2.45) is 5.92 Å². The summed E-state index contributed by atoms with van der Waals surface area (Å²) in [5, 5.41) is 8.52. The molecule has 1 aliphatic rings. The Morgan fingerprint density at radius 2 is 2.38 bits per heavy atom. The molecule has 0 aromatic heterocycles. The van der Waals surface area contributed by atoms with E-state index in [0.717, 1.165) is 19.1 Å². The predicted molar refractivity (Wildman–Crippen MR) is 50.3 cm³/mol. The van der Waals surface area contributed by atoms with Crippen molar-refractivity contribution in [1.82, 2.24) is 0 Å². The second-order valence-electron chi connectivity index (χ2n) is 3.51. The molecule has 0 aromatic rings. The highest BCUT2D eigenvalue weighted by molar-refractivity contribution is 6.69. The van der Waals surface area contributed by atoms with Gasteiger partial charge in [0.25, 0.3) is 6.71 Å². The van der Waals surface area contributed by atoms with Gasteiger partial charge in [-0.25, -0.2) is 5.26 Å². The van der Waals surface area contributed by atoms with Crippen LogP contribution in [0.25, 0.3) is 0 Å². The van der Waals surface area contributed by atoms with Gasteiger partial charge < -0.3 is 4.74 Å². The normalized spacial score (nSPS) is 16.2. The van der Waals surface area contributed by atoms with Crippen molar-refractivity contribution >= 4 is 12.7 Å². The number of nitrogens with zero attached hydrogens (tertiary/aromatic N) is 1. The number of rotatable bonds is 4. The molecule has 0 aromatic carbocycles. The standard InChI is InChI=1S/C9H14BNO2/c1-2-13-9(12)4-3-8-5-10(6-8)7-11/h8H,2-6H2,1H3. The van der Waals surface area contributed by atoms with E-state index < -0.39 is 0 Å². The van der Waals surface area contributed by atoms with Crippen LogP contribution in [0.1, 0.15) is 19.8 Å². The smallest absolute Gasteiger partial charge is 0.305 e. The number of carbonyl (C=O) groups is 1. The van der Waals surface area contributed by atoms with Crippen LogP contribution in [0.3, 0.4) is 0 Å². The highest BCUT2D eigenvalue weighted by Gasteiger charge is 2.32. The van der Waals surface area contributed by atoms with E-state index in [0.29, 0.717) is 18.9 Å². The van der Waals surface area contributed by atoms with Crippen molar-refractivity contribution in [2.75, 3.05) is 6.61 Å². The van der Waals surface area contributed by atoms with Crippen LogP contribution >= 0.6 is 0 Å². The second-order valence-corrected chi connectivity index (χ2v) is 3.51. The van der Waals surface area contributed by atoms with E-state index in [4.69, 9.17) is 10.00 Å². The summed E-state index contributed by atoms with van der Waals surface area (Å²) in [6.45, 7) is 2.52. The minimum Gasteiger partial charge on any atom is -0.466 e. The molecular weight excluding hydrogens is 165 g/mol. The lowest BCUT2D eigenvalue weighted by atomic mass is 9.32. The summed E-state index contributed by atoms with van der Waals surface area (Å²) in [6.07, 6.45) is 3.33. The van der Waals surface area contributed by atoms with Gasteiger partial charge in [-0.1, -0.05) is 18.6 Å². The van der Waals surface area contributed by atoms with Crippen molar-refractivity contribution in [1.29, 1.82) is 5.26 Å². The molecule has 1 aliphatic heterocycles. The minimum absolute atomic E-state index is 0.108. The monoisotopic (exact) mass is 179 g/mol. The zero-order chi connectivity index (χ0) is 9.68. The maximum atomic E-state index is 11.0. The number of ether oxygens (including phenoxy) is 1. The molecule has 0 atom stereocenters. The van der Waals surface area contributed by atoms with Crippen LogP contribution in [0.15, 0.2) is 0 Å². The van der Waals surface area contributed by atoms with Crippen molar-refractivity contribution in [3.63, 3.8) is 0 Å². The second kappa shape index (κ2) is 4.91. The van der Waals surface area contributed by atoms with Gasteiger partial charge in [-0.15, -0.1) is 0 Å². The van der Waals surface area contributed by atoms with Crippen LogP contribution in [-0.2, 0) is 9.53 Å². The first-order valence-electron chi connectivity index (χ1n) is 4.81. The summed E-state index contributed by atoms with van der Waals surface area (Å²) in [7, 11) is 0. The number of carbonyl (C=O) groups excluding carboxylic acids is 1. The Bertz CT molecular complexity index is 218. The van der Waals surface area contributed by atoms with Gasteiger partial charge >= 0.3 is 5.97 Å². The molecule has 0 saturated carbocycles. The largest absolute Gasteiger partial charge is 0.466 e. The Labute approximate surface area is 79.1 Å². The van der Waals surface area contributed by atoms with Gasteiger partial charge in [0, 0.05) is 12.4 Å². The van der Waals surface area contributed by atoms with Gasteiger partial charge in [0.05, 0.1) is 6.61 Å². The maximum absolute atomic E-state index is 11.0. The van der Waals surface area contributed by atoms with E-state index in [1.807, 2.05) is 6.92 Å². The first-order chi connectivity index (χ1) is 6.26. The van der Waals surface area contributed by atoms with Crippen LogP contribution in [0.4, 0.5) is 0 Å². The molecule has 4 heteroatoms. The lowest BCUT2D eigenvalue weighted by Gasteiger charge is -2.27. The molecule has 1 heterocycles. The zero-order valence-electron chi connectivity index (χ0n) is 7.95. The van der Waals surface area contributed by atoms with Crippen LogP contribution in [0.2, 0.25) is 12.6 Å². The number of hydrogen-bond donors (Lipinski definition) is 0. The van der Waals surface area contributed by atoms with Gasteiger partial charge in [0.2, 0.25) is 0 Å². The molecule has 0 amide bonds. The molecule has 70 valence electrons. The Hall–Kier alpha value is -0.975. The van der Waals surface area contributed by atoms with Crippen LogP contribution in [0, 0.1) is 17.1 Å². The molecule has 1 rings (SSSR count). The summed E-state index contributed by atoms with van der Waals surface area (Å²) >= 11 is 0. The lowest BCUT2D eigenvalue weighted by Crippen LogP contribution is -2.30. The molecule has 1 saturated heterocycles. The van der Waals surface area contributed by atoms with Crippen LogP contribution in [-0.4, -0.2) is 19.3 Å². The van der Waals surface area contributed by atoms with Crippen LogP contribution < -0.4 is 0 Å². The first-order valence-corrected chi connectivity index (χ1v) is 4.81. The summed E-state index contributed by atoms with van der Waals surface area (Å²) in [4.78, 5) is 11.0. The maximum Gasteiger partial charge on any atom is 0.305 e. The molecule has 13 heavy (non-hydrogen) atoms. The lowest BCUT2D eigenvalue weighted by molar-refractivity contribution is -0.143. The van der Waals surface area contributed by atoms with Gasteiger partial charge in [-0.2, -0.15) is 0 Å². The average Bonchev–Trinajstić information content (AvgIpc) is 2.02. The predicted octanol–water partition coefficient (Wildman–Crippen LogP) is 1.52. The third kappa shape index (κ3) is 3.10. The zero-order valence-corrected chi connectivity index (χ0v) is 7.95. The Kier molecular flexibility index (Phi) is 3.82. The van der Waals surface area contributed by atoms with E-state index in [-0.39, 0.29) is 12.7 Å². The van der Waals surface area contributed by atoms with Gasteiger partial charge in [0.15, 0.2) is 0 Å². The van der Waals surface area contributed by atoms with Gasteiger partial charge in [0.1, 0.15) is 0 Å². The van der Waals surface area contributed by atoms with E-state index in [1.54, 1.807) is 0 Å². The topological polar surface area (TPSA) is 50.1 Å². The average molecular weight is 179 g/mol. The molecule has 3 nitrogen and oxygen atoms in total. The SMILES string of the molecule is CCOC(=O)CCC1CB(C#N)C1. The Morgan fingerprint density at radius 3 is 2.92 bits per heavy atom. The third-order valence-electron chi connectivity index (χ3n) is 2.48. The minimum atomic E-state index is -0.108. The van der Waals surface area contributed by atoms with Gasteiger partial charge in [-0.3, -0.25) is 4.79 Å². The summed E-state index contributed by atoms with van der Waals surface area (Å²) in [6, 6.07) is 0. The first kappa shape index (κ1) is 10.1. The summed E-state index contributed by atoms with van der Waals surface area (Å²) < 4.78 is 4.81. The number of esters is 1. The quantitative estimate of drug-likeness (QED) is 0.485. The van der Waals surface area contributed by atoms with E-state index in [2.05, 4.69) is 5.97 Å². The molecular formula is C9H14BNO2. The highest BCUT2D eigenvalue weighted by Crippen LogP contribution is 2.32. The van der Waals surface area contributed by atoms with Crippen molar-refractivity contribution in [3.05, 3.63) is 0 Å². The number of nitriles is 1. The summed E-state index contributed by atoms with van der Waals surface area (Å²) in [5.74, 6) is 2.70. The number of hydrogen-bond acceptors (Lipinski definition) is 3. The molecule has 0 aliphatic carbocycles. The van der Waals surface area contributed by atoms with E-state index >= 15 is 0 Å². The summed E-state index contributed by atoms with van der Waals surface area (Å²) in [5.41, 5.74) is 0. The van der Waals surface area contributed by atoms with Crippen molar-refractivity contribution in [2.45, 2.75) is 32.4 Å². The molecule has 1 fully saturated rings. The van der Waals surface area contributed by atoms with Gasteiger partial charge in [-0.05, 0) is 13.3 Å². The highest BCUT2D eigenvalue weighted by atomic mass is 16.5. The van der Waals surface area contributed by atoms with Crippen molar-refractivity contribution < 1.29 is 9.53 Å². The molecule has 0 bridgehead atoms. The fourth-order valence-electron chi connectivity index (χ4n) is 1.63. The van der Waals surface area contributed by atoms with Crippen molar-refractivity contribution in [3.8, 4) is 5.97 Å². The molecule has 0 spiro atoms. The van der Waals surface area contributed by atoms with E-state index in [1.165, 1.54) is 0 Å². The molecule has 0 N–H and O–H groups in total. The fraction of sp³-hybridized carbons (Fsp3) is 0.778. The third-order valence-corrected chi connectivity index (χ3v) is 2.48. The molecule has 0 radical (unpaired) electrons. The Balaban J connectivity index is 2.02. The van der Waals surface area contributed by atoms with E-state index in [9.17, 15) is 4.79 Å². The van der Waals surface area contributed by atoms with Crippen LogP contribution in [0.5, 0.6) is 0 Å². The Morgan fingerprint density at radius 1 is 1.69 bits per heavy atom. The fourth-order valence-corrected chi connectivity index (χ4v) is 1.63. The molecule has 0 unspecified atom stereocenters.